The second-order valence-electron chi connectivity index (χ2n) is 4.94. The number of carbonyl (C=O) groups is 1. The molecule has 0 saturated carbocycles. The fraction of sp³-hybridized carbons (Fsp3) is 0.167. The van der Waals surface area contributed by atoms with Crippen molar-refractivity contribution in [3.05, 3.63) is 69.0 Å². The van der Waals surface area contributed by atoms with Crippen LogP contribution in [0, 0.1) is 6.92 Å². The van der Waals surface area contributed by atoms with Crippen LogP contribution in [-0.4, -0.2) is 12.6 Å². The molecule has 23 heavy (non-hydrogen) atoms. The summed E-state index contributed by atoms with van der Waals surface area (Å²) in [4.78, 5) is 13.0. The number of hydrogen-bond acceptors (Lipinski definition) is 3. The number of ether oxygens (including phenoxy) is 1. The lowest BCUT2D eigenvalue weighted by atomic mass is 10.2. The molecule has 0 aliphatic heterocycles. The zero-order valence-corrected chi connectivity index (χ0v) is 16.0. The molecule has 0 aliphatic rings. The molecule has 0 aliphatic carbocycles. The van der Waals surface area contributed by atoms with Gasteiger partial charge in [-0.3, -0.25) is 4.79 Å². The fourth-order valence-corrected chi connectivity index (χ4v) is 3.25. The number of thioether (sulfide) groups is 1. The molecule has 2 nitrogen and oxygen atoms in total. The lowest BCUT2D eigenvalue weighted by Crippen LogP contribution is -2.02. The molecule has 5 heteroatoms. The van der Waals surface area contributed by atoms with E-state index in [9.17, 15) is 4.79 Å². The summed E-state index contributed by atoms with van der Waals surface area (Å²) in [6.07, 6.45) is 0. The average molecular weight is 412 g/mol. The molecule has 0 unspecified atom stereocenters. The molecule has 0 atom stereocenters. The van der Waals surface area contributed by atoms with E-state index in [1.807, 2.05) is 55.5 Å². The number of esters is 1. The van der Waals surface area contributed by atoms with Gasteiger partial charge in [0.15, 0.2) is 0 Å². The van der Waals surface area contributed by atoms with Gasteiger partial charge in [-0.15, -0.1) is 0 Å². The molecule has 2 rings (SSSR count). The summed E-state index contributed by atoms with van der Waals surface area (Å²) in [6.45, 7) is 3.59. The van der Waals surface area contributed by atoms with Gasteiger partial charge in [0.05, 0.1) is 5.03 Å². The Bertz CT molecular complexity index is 709. The second-order valence-corrected chi connectivity index (χ2v) is 7.40. The molecular formula is C18H16BrClO2S. The van der Waals surface area contributed by atoms with Crippen molar-refractivity contribution in [1.29, 1.82) is 0 Å². The summed E-state index contributed by atoms with van der Waals surface area (Å²) in [7, 11) is 0. The molecule has 2 aromatic carbocycles. The van der Waals surface area contributed by atoms with E-state index in [-0.39, 0.29) is 12.6 Å². The lowest BCUT2D eigenvalue weighted by Gasteiger charge is -2.11. The van der Waals surface area contributed by atoms with Gasteiger partial charge in [0.1, 0.15) is 6.61 Å². The molecule has 2 aromatic rings. The average Bonchev–Trinajstić information content (AvgIpc) is 2.53. The van der Waals surface area contributed by atoms with Gasteiger partial charge in [-0.1, -0.05) is 69.1 Å². The Kier molecular flexibility index (Phi) is 6.75. The Labute approximate surface area is 154 Å². The van der Waals surface area contributed by atoms with Crippen LogP contribution in [0.1, 0.15) is 18.1 Å². The molecule has 0 spiro atoms. The summed E-state index contributed by atoms with van der Waals surface area (Å²) in [5.41, 5.74) is 2.08. The van der Waals surface area contributed by atoms with Crippen molar-refractivity contribution in [2.24, 2.45) is 0 Å². The molecule has 0 N–H and O–H groups in total. The number of carbonyl (C=O) groups excluding carboxylic acids is 1. The first-order valence-electron chi connectivity index (χ1n) is 6.98. The lowest BCUT2D eigenvalue weighted by molar-refractivity contribution is -0.139. The maximum atomic E-state index is 11.1. The third kappa shape index (κ3) is 5.72. The van der Waals surface area contributed by atoms with E-state index in [2.05, 4.69) is 15.9 Å². The first-order valence-corrected chi connectivity index (χ1v) is 8.97. The Morgan fingerprint density at radius 3 is 2.30 bits per heavy atom. The third-order valence-corrected chi connectivity index (χ3v) is 5.17. The zero-order chi connectivity index (χ0) is 16.8. The standard InChI is InChI=1S/C18H16BrClO2S/c1-12-3-9-16(10-4-12)23-17(11-22-13(2)21)18(20)14-5-7-15(19)8-6-14/h3-10H,11H2,1-2H3/b18-17-. The Balaban J connectivity index is 2.31. The molecule has 0 amide bonds. The van der Waals surface area contributed by atoms with Crippen molar-refractivity contribution in [2.45, 2.75) is 18.7 Å². The molecule has 0 saturated heterocycles. The van der Waals surface area contributed by atoms with Gasteiger partial charge in [-0.25, -0.2) is 0 Å². The SMILES string of the molecule is CC(=O)OC/C(Sc1ccc(C)cc1)=C(/Cl)c1ccc(Br)cc1. The first-order chi connectivity index (χ1) is 11.0. The Morgan fingerprint density at radius 1 is 1.13 bits per heavy atom. The van der Waals surface area contributed by atoms with Crippen molar-refractivity contribution >= 4 is 50.3 Å². The number of hydrogen-bond donors (Lipinski definition) is 0. The van der Waals surface area contributed by atoms with Crippen LogP contribution in [0.2, 0.25) is 0 Å². The van der Waals surface area contributed by atoms with E-state index in [0.717, 1.165) is 19.8 Å². The van der Waals surface area contributed by atoms with Crippen LogP contribution in [0.25, 0.3) is 5.03 Å². The Hall–Kier alpha value is -1.23. The minimum Gasteiger partial charge on any atom is -0.460 e. The van der Waals surface area contributed by atoms with Crippen LogP contribution in [-0.2, 0) is 9.53 Å². The summed E-state index contributed by atoms with van der Waals surface area (Å²) in [5, 5.41) is 0.587. The molecule has 120 valence electrons. The van der Waals surface area contributed by atoms with Crippen LogP contribution < -0.4 is 0 Å². The maximum absolute atomic E-state index is 11.1. The minimum absolute atomic E-state index is 0.156. The van der Waals surface area contributed by atoms with Crippen molar-refractivity contribution in [2.75, 3.05) is 6.61 Å². The summed E-state index contributed by atoms with van der Waals surface area (Å²) in [5.74, 6) is -0.327. The maximum Gasteiger partial charge on any atom is 0.302 e. The normalized spacial score (nSPS) is 11.8. The Morgan fingerprint density at radius 2 is 1.74 bits per heavy atom. The van der Waals surface area contributed by atoms with E-state index in [1.54, 1.807) is 0 Å². The highest BCUT2D eigenvalue weighted by Gasteiger charge is 2.11. The van der Waals surface area contributed by atoms with E-state index in [0.29, 0.717) is 5.03 Å². The molecule has 0 bridgehead atoms. The van der Waals surface area contributed by atoms with Gasteiger partial charge < -0.3 is 4.74 Å². The van der Waals surface area contributed by atoms with Gasteiger partial charge in [0.25, 0.3) is 0 Å². The predicted octanol–water partition coefficient (Wildman–Crippen LogP) is 6.02. The number of halogens is 2. The topological polar surface area (TPSA) is 26.3 Å². The molecule has 0 heterocycles. The smallest absolute Gasteiger partial charge is 0.302 e. The molecule has 0 radical (unpaired) electrons. The van der Waals surface area contributed by atoms with Crippen molar-refractivity contribution in [3.63, 3.8) is 0 Å². The van der Waals surface area contributed by atoms with Crippen LogP contribution in [0.4, 0.5) is 0 Å². The van der Waals surface area contributed by atoms with Gasteiger partial charge in [0, 0.05) is 21.2 Å². The molecule has 0 fully saturated rings. The van der Waals surface area contributed by atoms with E-state index in [4.69, 9.17) is 16.3 Å². The van der Waals surface area contributed by atoms with Crippen LogP contribution in [0.3, 0.4) is 0 Å². The summed E-state index contributed by atoms with van der Waals surface area (Å²) in [6, 6.07) is 15.8. The number of aryl methyl sites for hydroxylation is 1. The van der Waals surface area contributed by atoms with E-state index in [1.165, 1.54) is 24.2 Å². The fourth-order valence-electron chi connectivity index (χ4n) is 1.81. The number of benzene rings is 2. The van der Waals surface area contributed by atoms with E-state index >= 15 is 0 Å². The highest BCUT2D eigenvalue weighted by Crippen LogP contribution is 2.35. The van der Waals surface area contributed by atoms with Crippen molar-refractivity contribution in [3.8, 4) is 0 Å². The minimum atomic E-state index is -0.327. The summed E-state index contributed by atoms with van der Waals surface area (Å²) >= 11 is 11.5. The first kappa shape index (κ1) is 18.1. The molecule has 0 aromatic heterocycles. The van der Waals surface area contributed by atoms with E-state index < -0.39 is 0 Å². The van der Waals surface area contributed by atoms with Crippen molar-refractivity contribution in [1.82, 2.24) is 0 Å². The monoisotopic (exact) mass is 410 g/mol. The largest absolute Gasteiger partial charge is 0.460 e. The van der Waals surface area contributed by atoms with Crippen LogP contribution in [0.5, 0.6) is 0 Å². The van der Waals surface area contributed by atoms with Gasteiger partial charge in [-0.05, 0) is 36.8 Å². The highest BCUT2D eigenvalue weighted by molar-refractivity contribution is 9.10. The highest BCUT2D eigenvalue weighted by atomic mass is 79.9. The van der Waals surface area contributed by atoms with Crippen LogP contribution >= 0.6 is 39.3 Å². The quantitative estimate of drug-likeness (QED) is 0.444. The number of rotatable bonds is 5. The van der Waals surface area contributed by atoms with Gasteiger partial charge in [0.2, 0.25) is 0 Å². The van der Waals surface area contributed by atoms with Gasteiger partial charge >= 0.3 is 5.97 Å². The molecular weight excluding hydrogens is 396 g/mol. The van der Waals surface area contributed by atoms with Gasteiger partial charge in [-0.2, -0.15) is 0 Å². The summed E-state index contributed by atoms with van der Waals surface area (Å²) < 4.78 is 6.14. The zero-order valence-electron chi connectivity index (χ0n) is 12.8. The van der Waals surface area contributed by atoms with Crippen LogP contribution in [0.15, 0.2) is 62.8 Å². The third-order valence-electron chi connectivity index (χ3n) is 3.01. The van der Waals surface area contributed by atoms with Crippen molar-refractivity contribution < 1.29 is 9.53 Å². The predicted molar refractivity (Wildman–Crippen MR) is 101 cm³/mol. The second kappa shape index (κ2) is 8.57.